The molecule has 0 aromatic heterocycles. The fourth-order valence-corrected chi connectivity index (χ4v) is 6.72. The number of piperidine rings is 1. The van der Waals surface area contributed by atoms with Crippen LogP contribution in [0.5, 0.6) is 0 Å². The molecule has 2 unspecified atom stereocenters. The lowest BCUT2D eigenvalue weighted by molar-refractivity contribution is -0.0366. The van der Waals surface area contributed by atoms with E-state index < -0.39 is 10.0 Å². The van der Waals surface area contributed by atoms with Gasteiger partial charge < -0.3 is 4.74 Å². The lowest BCUT2D eigenvalue weighted by atomic mass is 9.83. The van der Waals surface area contributed by atoms with E-state index in [1.165, 1.54) is 11.1 Å². The highest BCUT2D eigenvalue weighted by Crippen LogP contribution is 2.35. The quantitative estimate of drug-likeness (QED) is 0.598. The highest BCUT2D eigenvalue weighted by atomic mass is 32.2. The van der Waals surface area contributed by atoms with Crippen LogP contribution in [-0.4, -0.2) is 44.4 Å². The van der Waals surface area contributed by atoms with Gasteiger partial charge in [-0.2, -0.15) is 0 Å². The fourth-order valence-electron chi connectivity index (χ4n) is 5.76. The normalized spacial score (nSPS) is 27.8. The van der Waals surface area contributed by atoms with Gasteiger partial charge in [-0.25, -0.2) is 13.6 Å². The molecule has 180 valence electrons. The summed E-state index contributed by atoms with van der Waals surface area (Å²) in [4.78, 5) is 2.50. The van der Waals surface area contributed by atoms with Crippen molar-refractivity contribution in [3.8, 4) is 0 Å². The van der Waals surface area contributed by atoms with E-state index in [-0.39, 0.29) is 29.9 Å². The van der Waals surface area contributed by atoms with Crippen molar-refractivity contribution in [2.45, 2.75) is 69.6 Å². The molecule has 2 aromatic rings. The SMILES string of the molecule is C[C@@H](c1ccccc1)N1CCC(CS(N)(=O)=O)CC1COC1CCC(c2ccccc2)CC1. The molecule has 1 saturated carbocycles. The Morgan fingerprint density at radius 3 is 2.24 bits per heavy atom. The van der Waals surface area contributed by atoms with E-state index in [0.29, 0.717) is 12.5 Å². The molecule has 2 aliphatic rings. The smallest absolute Gasteiger partial charge is 0.209 e. The number of primary sulfonamides is 1. The van der Waals surface area contributed by atoms with Crippen molar-refractivity contribution in [2.24, 2.45) is 11.1 Å². The second-order valence-electron chi connectivity index (χ2n) is 9.92. The van der Waals surface area contributed by atoms with Crippen LogP contribution in [-0.2, 0) is 14.8 Å². The molecule has 4 rings (SSSR count). The third-order valence-electron chi connectivity index (χ3n) is 7.59. The van der Waals surface area contributed by atoms with Crippen LogP contribution in [0.2, 0.25) is 0 Å². The molecular weight excluding hydrogens is 432 g/mol. The largest absolute Gasteiger partial charge is 0.377 e. The molecule has 0 spiro atoms. The highest BCUT2D eigenvalue weighted by Gasteiger charge is 2.34. The van der Waals surface area contributed by atoms with Crippen LogP contribution in [0.1, 0.15) is 68.5 Å². The maximum Gasteiger partial charge on any atom is 0.209 e. The maximum absolute atomic E-state index is 11.7. The molecule has 6 heteroatoms. The summed E-state index contributed by atoms with van der Waals surface area (Å²) in [5.41, 5.74) is 2.73. The highest BCUT2D eigenvalue weighted by molar-refractivity contribution is 7.89. The number of nitrogens with two attached hydrogens (primary N) is 1. The second-order valence-corrected chi connectivity index (χ2v) is 11.6. The first-order chi connectivity index (χ1) is 15.9. The molecule has 0 amide bonds. The van der Waals surface area contributed by atoms with E-state index in [1.807, 2.05) is 6.07 Å². The zero-order valence-electron chi connectivity index (χ0n) is 19.7. The van der Waals surface area contributed by atoms with Crippen molar-refractivity contribution < 1.29 is 13.2 Å². The number of nitrogens with zero attached hydrogens (tertiary/aromatic N) is 1. The van der Waals surface area contributed by atoms with Gasteiger partial charge in [-0.1, -0.05) is 60.7 Å². The predicted octanol–water partition coefficient (Wildman–Crippen LogP) is 4.86. The van der Waals surface area contributed by atoms with E-state index in [4.69, 9.17) is 9.88 Å². The molecule has 2 aromatic carbocycles. The van der Waals surface area contributed by atoms with Gasteiger partial charge in [-0.05, 0) is 75.0 Å². The summed E-state index contributed by atoms with van der Waals surface area (Å²) in [7, 11) is -3.46. The number of hydrogen-bond acceptors (Lipinski definition) is 4. The van der Waals surface area contributed by atoms with Crippen LogP contribution in [0.25, 0.3) is 0 Å². The molecule has 2 fully saturated rings. The summed E-state index contributed by atoms with van der Waals surface area (Å²) in [6.45, 7) is 3.76. The third kappa shape index (κ3) is 6.89. The lowest BCUT2D eigenvalue weighted by Gasteiger charge is -2.43. The number of sulfonamides is 1. The van der Waals surface area contributed by atoms with Crippen LogP contribution in [0, 0.1) is 5.92 Å². The molecule has 1 aliphatic carbocycles. The lowest BCUT2D eigenvalue weighted by Crippen LogP contribution is -2.48. The van der Waals surface area contributed by atoms with Gasteiger partial charge in [0.1, 0.15) is 0 Å². The molecule has 5 nitrogen and oxygen atoms in total. The molecule has 0 bridgehead atoms. The van der Waals surface area contributed by atoms with Crippen molar-refractivity contribution in [1.29, 1.82) is 0 Å². The van der Waals surface area contributed by atoms with Gasteiger partial charge in [-0.3, -0.25) is 4.90 Å². The topological polar surface area (TPSA) is 72.6 Å². The summed E-state index contributed by atoms with van der Waals surface area (Å²) >= 11 is 0. The van der Waals surface area contributed by atoms with Crippen molar-refractivity contribution >= 4 is 10.0 Å². The average molecular weight is 471 g/mol. The van der Waals surface area contributed by atoms with Crippen LogP contribution in [0.4, 0.5) is 0 Å². The van der Waals surface area contributed by atoms with Gasteiger partial charge in [0.2, 0.25) is 10.0 Å². The number of ether oxygens (including phenoxy) is 1. The summed E-state index contributed by atoms with van der Waals surface area (Å²) < 4.78 is 29.9. The molecule has 1 aliphatic heterocycles. The Bertz CT molecular complexity index is 959. The number of rotatable bonds is 8. The Hall–Kier alpha value is -1.73. The van der Waals surface area contributed by atoms with Gasteiger partial charge in [0.25, 0.3) is 0 Å². The molecule has 1 heterocycles. The second kappa shape index (κ2) is 11.1. The van der Waals surface area contributed by atoms with E-state index in [1.54, 1.807) is 0 Å². The van der Waals surface area contributed by atoms with Crippen LogP contribution >= 0.6 is 0 Å². The minimum atomic E-state index is -3.46. The Kier molecular flexibility index (Phi) is 8.23. The molecule has 3 atom stereocenters. The Morgan fingerprint density at radius 1 is 0.970 bits per heavy atom. The molecule has 2 N–H and O–H groups in total. The zero-order chi connectivity index (χ0) is 23.3. The van der Waals surface area contributed by atoms with Gasteiger partial charge in [0.05, 0.1) is 18.5 Å². The van der Waals surface area contributed by atoms with E-state index >= 15 is 0 Å². The Balaban J connectivity index is 1.37. The summed E-state index contributed by atoms with van der Waals surface area (Å²) in [5.74, 6) is 0.801. The molecule has 1 saturated heterocycles. The monoisotopic (exact) mass is 470 g/mol. The molecule has 0 radical (unpaired) electrons. The molecular formula is C27H38N2O3S. The van der Waals surface area contributed by atoms with E-state index in [2.05, 4.69) is 66.4 Å². The summed E-state index contributed by atoms with van der Waals surface area (Å²) in [6.07, 6.45) is 6.45. The first-order valence-corrected chi connectivity index (χ1v) is 14.1. The van der Waals surface area contributed by atoms with Gasteiger partial charge in [0, 0.05) is 12.1 Å². The van der Waals surface area contributed by atoms with Crippen LogP contribution < -0.4 is 5.14 Å². The first kappa shape index (κ1) is 24.4. The standard InChI is InChI=1S/C27H38N2O3S/c1-21(23-8-4-2-5-9-23)29-17-16-22(20-33(28,30)31)18-26(29)19-32-27-14-12-25(13-15-27)24-10-6-3-7-11-24/h2-11,21-22,25-27H,12-20H2,1H3,(H2,28,30,31)/t21-,22?,25?,26?,27?/m0/s1. The number of hydrogen-bond donors (Lipinski definition) is 1. The summed E-state index contributed by atoms with van der Waals surface area (Å²) in [6, 6.07) is 21.8. The van der Waals surface area contributed by atoms with Crippen molar-refractivity contribution in [3.63, 3.8) is 0 Å². The van der Waals surface area contributed by atoms with Gasteiger partial charge in [-0.15, -0.1) is 0 Å². The number of benzene rings is 2. The first-order valence-electron chi connectivity index (χ1n) is 12.4. The zero-order valence-corrected chi connectivity index (χ0v) is 20.5. The summed E-state index contributed by atoms with van der Waals surface area (Å²) in [5, 5.41) is 5.38. The number of likely N-dealkylation sites (tertiary alicyclic amines) is 1. The van der Waals surface area contributed by atoms with Gasteiger partial charge >= 0.3 is 0 Å². The van der Waals surface area contributed by atoms with Crippen molar-refractivity contribution in [1.82, 2.24) is 4.90 Å². The van der Waals surface area contributed by atoms with Crippen LogP contribution in [0.3, 0.4) is 0 Å². The minimum absolute atomic E-state index is 0.0687. The Morgan fingerprint density at radius 2 is 1.61 bits per heavy atom. The molecule has 33 heavy (non-hydrogen) atoms. The predicted molar refractivity (Wildman–Crippen MR) is 133 cm³/mol. The maximum atomic E-state index is 11.7. The van der Waals surface area contributed by atoms with E-state index in [0.717, 1.165) is 45.1 Å². The Labute approximate surface area is 199 Å². The third-order valence-corrected chi connectivity index (χ3v) is 8.52. The van der Waals surface area contributed by atoms with Crippen LogP contribution in [0.15, 0.2) is 60.7 Å². The van der Waals surface area contributed by atoms with Crippen molar-refractivity contribution in [2.75, 3.05) is 18.9 Å². The fraction of sp³-hybridized carbons (Fsp3) is 0.556. The van der Waals surface area contributed by atoms with Crippen molar-refractivity contribution in [3.05, 3.63) is 71.8 Å². The van der Waals surface area contributed by atoms with Gasteiger partial charge in [0.15, 0.2) is 0 Å². The van der Waals surface area contributed by atoms with E-state index in [9.17, 15) is 8.42 Å². The average Bonchev–Trinajstić information content (AvgIpc) is 2.83. The minimum Gasteiger partial charge on any atom is -0.377 e.